The van der Waals surface area contributed by atoms with Crippen LogP contribution in [0.2, 0.25) is 0 Å². The molecular formula is C30H41N5O4. The fourth-order valence-electron chi connectivity index (χ4n) is 6.09. The maximum absolute atomic E-state index is 13.9. The molecule has 39 heavy (non-hydrogen) atoms. The van der Waals surface area contributed by atoms with Crippen molar-refractivity contribution in [3.8, 4) is 0 Å². The van der Waals surface area contributed by atoms with E-state index in [1.54, 1.807) is 16.9 Å². The average Bonchev–Trinajstić information content (AvgIpc) is 3.80. The van der Waals surface area contributed by atoms with E-state index >= 15 is 0 Å². The molecule has 0 saturated heterocycles. The number of fused-ring (bicyclic) bond motifs is 1. The normalized spacial score (nSPS) is 20.2. The number of esters is 1. The van der Waals surface area contributed by atoms with Crippen LogP contribution in [0.4, 0.5) is 5.69 Å². The van der Waals surface area contributed by atoms with Crippen molar-refractivity contribution in [2.45, 2.75) is 90.5 Å². The van der Waals surface area contributed by atoms with E-state index in [1.165, 1.54) is 7.11 Å². The summed E-state index contributed by atoms with van der Waals surface area (Å²) in [5, 5.41) is 10.5. The first-order chi connectivity index (χ1) is 18.5. The summed E-state index contributed by atoms with van der Waals surface area (Å²) < 4.78 is 6.81. The lowest BCUT2D eigenvalue weighted by Crippen LogP contribution is -2.50. The minimum Gasteiger partial charge on any atom is -0.468 e. The molecule has 2 fully saturated rings. The summed E-state index contributed by atoms with van der Waals surface area (Å²) in [6, 6.07) is 6.32. The second-order valence-corrected chi connectivity index (χ2v) is 12.6. The fraction of sp³-hybridized carbons (Fsp3) is 0.600. The summed E-state index contributed by atoms with van der Waals surface area (Å²) in [7, 11) is 1.41. The number of benzene rings is 1. The smallest absolute Gasteiger partial charge is 0.327 e. The second-order valence-electron chi connectivity index (χ2n) is 12.6. The maximum Gasteiger partial charge on any atom is 0.327 e. The van der Waals surface area contributed by atoms with Crippen LogP contribution in [0.3, 0.4) is 0 Å². The summed E-state index contributed by atoms with van der Waals surface area (Å²) in [4.78, 5) is 42.1. The first-order valence-corrected chi connectivity index (χ1v) is 14.1. The second kappa shape index (κ2) is 10.4. The van der Waals surface area contributed by atoms with Crippen molar-refractivity contribution < 1.29 is 19.1 Å². The number of hydrogen-bond donors (Lipinski definition) is 2. The van der Waals surface area contributed by atoms with Gasteiger partial charge in [0.2, 0.25) is 5.91 Å². The Morgan fingerprint density at radius 1 is 1.05 bits per heavy atom. The molecule has 0 radical (unpaired) electrons. The van der Waals surface area contributed by atoms with Crippen molar-refractivity contribution in [1.29, 1.82) is 0 Å². The fourth-order valence-corrected chi connectivity index (χ4v) is 6.09. The minimum atomic E-state index is -0.629. The van der Waals surface area contributed by atoms with E-state index in [2.05, 4.69) is 41.4 Å². The lowest BCUT2D eigenvalue weighted by Gasteiger charge is -2.35. The van der Waals surface area contributed by atoms with Crippen LogP contribution in [0.5, 0.6) is 0 Å². The first-order valence-electron chi connectivity index (χ1n) is 14.1. The van der Waals surface area contributed by atoms with Crippen LogP contribution in [-0.4, -0.2) is 51.2 Å². The zero-order valence-corrected chi connectivity index (χ0v) is 23.9. The Kier molecular flexibility index (Phi) is 7.31. The Morgan fingerprint density at radius 3 is 2.28 bits per heavy atom. The third-order valence-electron chi connectivity index (χ3n) is 8.32. The summed E-state index contributed by atoms with van der Waals surface area (Å²) in [5.74, 6) is 0.287. The van der Waals surface area contributed by atoms with Gasteiger partial charge in [-0.1, -0.05) is 6.07 Å². The van der Waals surface area contributed by atoms with Gasteiger partial charge in [-0.15, -0.1) is 0 Å². The summed E-state index contributed by atoms with van der Waals surface area (Å²) in [5.41, 5.74) is 2.76. The number of aromatic nitrogens is 2. The molecular weight excluding hydrogens is 494 g/mol. The number of carbonyl (C=O) groups is 3. The quantitative estimate of drug-likeness (QED) is 0.459. The number of amides is 2. The number of anilines is 1. The maximum atomic E-state index is 13.9. The van der Waals surface area contributed by atoms with Crippen LogP contribution in [0.25, 0.3) is 0 Å². The van der Waals surface area contributed by atoms with Gasteiger partial charge in [0.25, 0.3) is 5.91 Å². The Morgan fingerprint density at radius 2 is 1.72 bits per heavy atom. The zero-order valence-electron chi connectivity index (χ0n) is 23.9. The number of methoxy groups -OCH3 is 1. The van der Waals surface area contributed by atoms with Crippen molar-refractivity contribution in [3.63, 3.8) is 0 Å². The molecule has 0 bridgehead atoms. The van der Waals surface area contributed by atoms with Crippen molar-refractivity contribution in [2.24, 2.45) is 17.8 Å². The number of carbonyl (C=O) groups excluding carboxylic acids is 3. The molecule has 0 spiro atoms. The lowest BCUT2D eigenvalue weighted by molar-refractivity contribution is -0.149. The van der Waals surface area contributed by atoms with Crippen molar-refractivity contribution in [3.05, 3.63) is 47.3 Å². The van der Waals surface area contributed by atoms with E-state index in [9.17, 15) is 14.4 Å². The third kappa shape index (κ3) is 5.60. The molecule has 210 valence electrons. The SMILES string of the molecule is COC(=O)C1c2ccc(NC(=O)C(NC(=O)c3ccnn3C(C)C)C(C3CC3)C3CC3)cc2CN1C(C)(C)C. The summed E-state index contributed by atoms with van der Waals surface area (Å²) in [6.45, 7) is 10.8. The first kappa shape index (κ1) is 27.4. The molecule has 3 aliphatic rings. The predicted octanol–water partition coefficient (Wildman–Crippen LogP) is 4.47. The Hall–Kier alpha value is -3.20. The third-order valence-corrected chi connectivity index (χ3v) is 8.32. The molecule has 2 unspecified atom stereocenters. The highest BCUT2D eigenvalue weighted by Crippen LogP contribution is 2.51. The monoisotopic (exact) mass is 535 g/mol. The van der Waals surface area contributed by atoms with Gasteiger partial charge in [0.05, 0.1) is 7.11 Å². The van der Waals surface area contributed by atoms with Crippen LogP contribution in [0.1, 0.15) is 94.0 Å². The molecule has 2 aromatic rings. The van der Waals surface area contributed by atoms with Crippen LogP contribution >= 0.6 is 0 Å². The van der Waals surface area contributed by atoms with E-state index in [-0.39, 0.29) is 35.3 Å². The largest absolute Gasteiger partial charge is 0.468 e. The number of hydrogen-bond acceptors (Lipinski definition) is 6. The highest BCUT2D eigenvalue weighted by molar-refractivity contribution is 6.01. The molecule has 2 N–H and O–H groups in total. The van der Waals surface area contributed by atoms with Gasteiger partial charge in [-0.3, -0.25) is 19.2 Å². The zero-order chi connectivity index (χ0) is 28.1. The topological polar surface area (TPSA) is 106 Å². The van der Waals surface area contributed by atoms with E-state index in [0.717, 1.165) is 36.8 Å². The van der Waals surface area contributed by atoms with Gasteiger partial charge in [-0.2, -0.15) is 5.10 Å². The van der Waals surface area contributed by atoms with E-state index in [0.29, 0.717) is 29.8 Å². The molecule has 2 atom stereocenters. The molecule has 9 heteroatoms. The minimum absolute atomic E-state index is 0.0311. The molecule has 1 aromatic carbocycles. The molecule has 9 nitrogen and oxygen atoms in total. The van der Waals surface area contributed by atoms with Gasteiger partial charge in [-0.05, 0) is 107 Å². The summed E-state index contributed by atoms with van der Waals surface area (Å²) >= 11 is 0. The number of nitrogens with zero attached hydrogens (tertiary/aromatic N) is 3. The van der Waals surface area contributed by atoms with Crippen LogP contribution in [-0.2, 0) is 20.9 Å². The van der Waals surface area contributed by atoms with Gasteiger partial charge in [0.15, 0.2) is 0 Å². The number of rotatable bonds is 9. The van der Waals surface area contributed by atoms with E-state index < -0.39 is 12.1 Å². The average molecular weight is 536 g/mol. The van der Waals surface area contributed by atoms with Gasteiger partial charge in [-0.25, -0.2) is 4.79 Å². The van der Waals surface area contributed by atoms with Crippen LogP contribution in [0, 0.1) is 17.8 Å². The number of nitrogens with one attached hydrogen (secondary N) is 2. The van der Waals surface area contributed by atoms with Gasteiger partial charge < -0.3 is 15.4 Å². The highest BCUT2D eigenvalue weighted by Gasteiger charge is 2.48. The molecule has 5 rings (SSSR count). The van der Waals surface area contributed by atoms with Gasteiger partial charge in [0.1, 0.15) is 17.8 Å². The van der Waals surface area contributed by atoms with Crippen molar-refractivity contribution >= 4 is 23.5 Å². The molecule has 2 aliphatic carbocycles. The molecule has 2 amide bonds. The Labute approximate surface area is 230 Å². The van der Waals surface area contributed by atoms with E-state index in [1.807, 2.05) is 32.0 Å². The molecule has 2 heterocycles. The lowest BCUT2D eigenvalue weighted by atomic mass is 9.88. The molecule has 1 aromatic heterocycles. The van der Waals surface area contributed by atoms with Crippen molar-refractivity contribution in [2.75, 3.05) is 12.4 Å². The molecule has 2 saturated carbocycles. The summed E-state index contributed by atoms with van der Waals surface area (Å²) in [6.07, 6.45) is 6.01. The van der Waals surface area contributed by atoms with Gasteiger partial charge >= 0.3 is 5.97 Å². The van der Waals surface area contributed by atoms with Crippen molar-refractivity contribution in [1.82, 2.24) is 20.0 Å². The van der Waals surface area contributed by atoms with Crippen LogP contribution in [0.15, 0.2) is 30.5 Å². The highest BCUT2D eigenvalue weighted by atomic mass is 16.5. The predicted molar refractivity (Wildman–Crippen MR) is 148 cm³/mol. The van der Waals surface area contributed by atoms with E-state index in [4.69, 9.17) is 4.74 Å². The Balaban J connectivity index is 1.39. The Bertz CT molecular complexity index is 1240. The van der Waals surface area contributed by atoms with Gasteiger partial charge in [0, 0.05) is 30.0 Å². The molecule has 1 aliphatic heterocycles. The number of ether oxygens (including phenoxy) is 1. The van der Waals surface area contributed by atoms with Crippen LogP contribution < -0.4 is 10.6 Å². The standard InChI is InChI=1S/C30H41N5O4/c1-17(2)35-23(13-14-31-35)27(36)33-25(24(18-7-8-18)19-9-10-19)28(37)32-21-11-12-22-20(15-21)16-34(30(3,4)5)26(22)29(38)39-6/h11-15,17-19,24-26H,7-10,16H2,1-6H3,(H,32,37)(H,33,36).